The number of nitrogens with one attached hydrogen (secondary N) is 3. The first-order valence-electron chi connectivity index (χ1n) is 12.6. The van der Waals surface area contributed by atoms with Crippen LogP contribution in [0, 0.1) is 12.7 Å². The number of H-pyrrole nitrogens is 1. The Bertz CT molecular complexity index is 1740. The predicted octanol–water partition coefficient (Wildman–Crippen LogP) is 5.13. The average molecular weight is 544 g/mol. The zero-order valence-electron chi connectivity index (χ0n) is 21.4. The molecule has 1 aliphatic rings. The molecule has 0 bridgehead atoms. The fraction of sp³-hybridized carbons (Fsp3) is 0.214. The maximum absolute atomic E-state index is 14.9. The number of hydrogen-bond acceptors (Lipinski definition) is 7. The Labute approximate surface area is 227 Å². The monoisotopic (exact) mass is 543 g/mol. The molecule has 4 heterocycles. The lowest BCUT2D eigenvalue weighted by atomic mass is 10.0. The maximum Gasteiger partial charge on any atom is 0.287 e. The van der Waals surface area contributed by atoms with E-state index in [1.165, 1.54) is 17.4 Å². The minimum Gasteiger partial charge on any atom is -0.334 e. The Morgan fingerprint density at radius 3 is 2.82 bits per heavy atom. The fourth-order valence-corrected chi connectivity index (χ4v) is 5.79. The minimum atomic E-state index is -0.557. The number of anilines is 3. The molecule has 1 amide bonds. The lowest BCUT2D eigenvalue weighted by Crippen LogP contribution is -2.17. The minimum absolute atomic E-state index is 0.0689. The van der Waals surface area contributed by atoms with Gasteiger partial charge in [0.05, 0.1) is 22.0 Å². The summed E-state index contributed by atoms with van der Waals surface area (Å²) in [5.74, 6) is -0.384. The summed E-state index contributed by atoms with van der Waals surface area (Å²) < 4.78 is 17.8. The third kappa shape index (κ3) is 4.93. The number of hydrogen-bond donors (Lipinski definition) is 3. The van der Waals surface area contributed by atoms with Crippen LogP contribution in [0.2, 0.25) is 0 Å². The molecule has 0 aliphatic carbocycles. The Morgan fingerprint density at radius 1 is 1.13 bits per heavy atom. The number of aromatic nitrogens is 4. The Hall–Kier alpha value is -4.35. The van der Waals surface area contributed by atoms with Crippen LogP contribution < -0.4 is 16.2 Å². The normalized spacial score (nSPS) is 13.7. The van der Waals surface area contributed by atoms with Gasteiger partial charge in [-0.3, -0.25) is 14.3 Å². The van der Waals surface area contributed by atoms with E-state index < -0.39 is 17.3 Å². The summed E-state index contributed by atoms with van der Waals surface area (Å²) in [7, 11) is 2.07. The first-order chi connectivity index (χ1) is 18.9. The van der Waals surface area contributed by atoms with E-state index >= 15 is 0 Å². The molecule has 9 nitrogen and oxygen atoms in total. The Kier molecular flexibility index (Phi) is 6.45. The molecule has 6 rings (SSSR count). The summed E-state index contributed by atoms with van der Waals surface area (Å²) in [5, 5.41) is 18.1. The van der Waals surface area contributed by atoms with Crippen molar-refractivity contribution in [2.45, 2.75) is 26.4 Å². The van der Waals surface area contributed by atoms with Gasteiger partial charge in [-0.25, -0.2) is 9.49 Å². The van der Waals surface area contributed by atoms with Crippen LogP contribution in [-0.2, 0) is 13.1 Å². The van der Waals surface area contributed by atoms with Crippen molar-refractivity contribution in [3.05, 3.63) is 86.9 Å². The van der Waals surface area contributed by atoms with Crippen molar-refractivity contribution in [1.29, 1.82) is 0 Å². The number of nitrogens with zero attached hydrogens (tertiary/aromatic N) is 4. The smallest absolute Gasteiger partial charge is 0.287 e. The van der Waals surface area contributed by atoms with Crippen LogP contribution in [0.15, 0.2) is 59.4 Å². The van der Waals surface area contributed by atoms with E-state index in [4.69, 9.17) is 0 Å². The van der Waals surface area contributed by atoms with Crippen LogP contribution in [0.25, 0.3) is 21.3 Å². The number of thiophene rings is 1. The van der Waals surface area contributed by atoms with E-state index in [0.717, 1.165) is 41.8 Å². The van der Waals surface area contributed by atoms with Crippen molar-refractivity contribution in [1.82, 2.24) is 24.9 Å². The van der Waals surface area contributed by atoms with Gasteiger partial charge in [-0.05, 0) is 61.7 Å². The molecule has 1 aliphatic heterocycles. The van der Waals surface area contributed by atoms with E-state index in [1.54, 1.807) is 25.1 Å². The zero-order valence-corrected chi connectivity index (χ0v) is 22.2. The highest BCUT2D eigenvalue weighted by Gasteiger charge is 2.19. The summed E-state index contributed by atoms with van der Waals surface area (Å²) >= 11 is 1.35. The van der Waals surface area contributed by atoms with Crippen molar-refractivity contribution >= 4 is 44.5 Å². The second kappa shape index (κ2) is 10.1. The van der Waals surface area contributed by atoms with Crippen LogP contribution in [0.3, 0.4) is 0 Å². The van der Waals surface area contributed by atoms with E-state index in [-0.39, 0.29) is 11.4 Å². The molecule has 0 unspecified atom stereocenters. The van der Waals surface area contributed by atoms with E-state index in [1.807, 2.05) is 35.0 Å². The number of carbonyl (C=O) groups is 1. The number of aryl methyl sites for hydroxylation is 1. The topological polar surface area (TPSA) is 108 Å². The molecular weight excluding hydrogens is 517 g/mol. The lowest BCUT2D eigenvalue weighted by Gasteiger charge is -2.13. The summed E-state index contributed by atoms with van der Waals surface area (Å²) in [4.78, 5) is 28.3. The second-order valence-electron chi connectivity index (χ2n) is 9.65. The van der Waals surface area contributed by atoms with Gasteiger partial charge in [0, 0.05) is 36.0 Å². The van der Waals surface area contributed by atoms with Gasteiger partial charge in [0.15, 0.2) is 5.82 Å². The third-order valence-corrected chi connectivity index (χ3v) is 7.96. The van der Waals surface area contributed by atoms with E-state index in [9.17, 15) is 14.0 Å². The van der Waals surface area contributed by atoms with E-state index in [2.05, 4.69) is 37.9 Å². The molecule has 11 heteroatoms. The second-order valence-corrected chi connectivity index (χ2v) is 10.7. The maximum atomic E-state index is 14.9. The van der Waals surface area contributed by atoms with Crippen LogP contribution in [0.4, 0.5) is 21.6 Å². The quantitative estimate of drug-likeness (QED) is 0.284. The molecule has 2 aromatic carbocycles. The largest absolute Gasteiger partial charge is 0.334 e. The van der Waals surface area contributed by atoms with Gasteiger partial charge >= 0.3 is 0 Å². The van der Waals surface area contributed by atoms with Crippen molar-refractivity contribution in [3.63, 3.8) is 0 Å². The van der Waals surface area contributed by atoms with Crippen molar-refractivity contribution in [3.8, 4) is 11.3 Å². The highest BCUT2D eigenvalue weighted by atomic mass is 32.1. The van der Waals surface area contributed by atoms with Gasteiger partial charge in [-0.1, -0.05) is 18.2 Å². The van der Waals surface area contributed by atoms with E-state index in [0.29, 0.717) is 27.5 Å². The molecular formula is C28H26FN7O2S. The van der Waals surface area contributed by atoms with Crippen molar-refractivity contribution in [2.75, 3.05) is 24.2 Å². The summed E-state index contributed by atoms with van der Waals surface area (Å²) in [5.41, 5.74) is 2.48. The lowest BCUT2D eigenvalue weighted by molar-refractivity contribution is 0.103. The molecule has 3 aromatic heterocycles. The molecule has 198 valence electrons. The van der Waals surface area contributed by atoms with Gasteiger partial charge in [0.1, 0.15) is 11.5 Å². The Balaban J connectivity index is 1.29. The summed E-state index contributed by atoms with van der Waals surface area (Å²) in [6.45, 7) is 4.30. The summed E-state index contributed by atoms with van der Waals surface area (Å²) in [6, 6.07) is 15.9. The molecule has 5 aromatic rings. The van der Waals surface area contributed by atoms with Crippen LogP contribution in [0.5, 0.6) is 0 Å². The number of halogens is 1. The van der Waals surface area contributed by atoms with Crippen LogP contribution in [-0.4, -0.2) is 44.4 Å². The Morgan fingerprint density at radius 2 is 1.97 bits per heavy atom. The standard InChI is InChI=1S/C28H26FN7O2S/c1-16-19(8-9-20(29)26(16)31-28(38)24-12-17-6-3-4-7-23(17)39-24)21-14-22(27(37)33-32-21)30-25-13-18-15-35(2)10-5-11-36(18)34-25/h3-4,6-9,12-14H,5,10-11,15H2,1-2H3,(H,31,38)(H,33,37)(H,30,32,34). The molecule has 0 saturated carbocycles. The number of benzene rings is 2. The number of rotatable bonds is 5. The van der Waals surface area contributed by atoms with Gasteiger partial charge < -0.3 is 15.5 Å². The molecule has 3 N–H and O–H groups in total. The highest BCUT2D eigenvalue weighted by Crippen LogP contribution is 2.32. The van der Waals surface area contributed by atoms with Crippen LogP contribution >= 0.6 is 11.3 Å². The molecule has 0 spiro atoms. The highest BCUT2D eigenvalue weighted by molar-refractivity contribution is 7.20. The molecule has 0 radical (unpaired) electrons. The number of fused-ring (bicyclic) bond motifs is 2. The fourth-order valence-electron chi connectivity index (χ4n) is 4.84. The molecule has 39 heavy (non-hydrogen) atoms. The number of amides is 1. The first-order valence-corrected chi connectivity index (χ1v) is 13.4. The van der Waals surface area contributed by atoms with Crippen LogP contribution in [0.1, 0.15) is 27.3 Å². The van der Waals surface area contributed by atoms with Gasteiger partial charge in [-0.2, -0.15) is 10.2 Å². The van der Waals surface area contributed by atoms with Gasteiger partial charge in [0.2, 0.25) is 0 Å². The van der Waals surface area contributed by atoms with Gasteiger partial charge in [-0.15, -0.1) is 11.3 Å². The zero-order chi connectivity index (χ0) is 27.1. The summed E-state index contributed by atoms with van der Waals surface area (Å²) in [6.07, 6.45) is 0.996. The average Bonchev–Trinajstić information content (AvgIpc) is 3.47. The number of carbonyl (C=O) groups excluding carboxylic acids is 1. The molecule has 0 fully saturated rings. The predicted molar refractivity (Wildman–Crippen MR) is 151 cm³/mol. The molecule has 0 saturated heterocycles. The van der Waals surface area contributed by atoms with Gasteiger partial charge in [0.25, 0.3) is 11.5 Å². The molecule has 0 atom stereocenters. The first kappa shape index (κ1) is 25.0. The van der Waals surface area contributed by atoms with Crippen molar-refractivity contribution in [2.24, 2.45) is 0 Å². The third-order valence-electron chi connectivity index (χ3n) is 6.85. The number of aromatic amines is 1. The van der Waals surface area contributed by atoms with Crippen molar-refractivity contribution < 1.29 is 9.18 Å². The SMILES string of the molecule is Cc1c(-c2cc(Nc3cc4n(n3)CCCN(C)C4)c(=O)[nH]n2)ccc(F)c1NC(=O)c1cc2ccccc2s1.